The molecule has 0 fully saturated rings. The van der Waals surface area contributed by atoms with Crippen molar-refractivity contribution in [2.75, 3.05) is 12.4 Å². The SMILES string of the molecule is COc1cc(/C=C(\C#N)C(=O)Nc2ccc(Cl)cc2[N+](=O)[O-])cc(Cl)c1OCc1ccccc1Cl. The van der Waals surface area contributed by atoms with Crippen LogP contribution in [0.25, 0.3) is 6.08 Å². The number of hydrogen-bond acceptors (Lipinski definition) is 6. The number of methoxy groups -OCH3 is 1. The van der Waals surface area contributed by atoms with Crippen molar-refractivity contribution in [2.24, 2.45) is 0 Å². The number of hydrogen-bond donors (Lipinski definition) is 1. The van der Waals surface area contributed by atoms with Crippen LogP contribution in [0.2, 0.25) is 15.1 Å². The summed E-state index contributed by atoms with van der Waals surface area (Å²) in [4.78, 5) is 23.2. The lowest BCUT2D eigenvalue weighted by Gasteiger charge is -2.14. The zero-order chi connectivity index (χ0) is 25.5. The zero-order valence-corrected chi connectivity index (χ0v) is 20.3. The average Bonchev–Trinajstić information content (AvgIpc) is 2.83. The first-order valence-electron chi connectivity index (χ1n) is 9.84. The largest absolute Gasteiger partial charge is 0.493 e. The fourth-order valence-electron chi connectivity index (χ4n) is 3.00. The Morgan fingerprint density at radius 2 is 1.89 bits per heavy atom. The number of nitrogens with one attached hydrogen (secondary N) is 1. The number of amides is 1. The third-order valence-electron chi connectivity index (χ3n) is 4.66. The van der Waals surface area contributed by atoms with Crippen molar-refractivity contribution in [1.29, 1.82) is 5.26 Å². The topological polar surface area (TPSA) is 114 Å². The summed E-state index contributed by atoms with van der Waals surface area (Å²) >= 11 is 18.3. The normalized spacial score (nSPS) is 10.9. The Balaban J connectivity index is 1.86. The number of benzene rings is 3. The van der Waals surface area contributed by atoms with Crippen LogP contribution in [0.3, 0.4) is 0 Å². The van der Waals surface area contributed by atoms with Crippen molar-refractivity contribution in [2.45, 2.75) is 6.61 Å². The van der Waals surface area contributed by atoms with E-state index in [1.165, 1.54) is 37.5 Å². The first-order chi connectivity index (χ1) is 16.7. The molecule has 0 aliphatic carbocycles. The molecule has 3 aromatic rings. The summed E-state index contributed by atoms with van der Waals surface area (Å²) in [5, 5.41) is 24.0. The molecule has 0 spiro atoms. The van der Waals surface area contributed by atoms with Crippen LogP contribution in [-0.4, -0.2) is 17.9 Å². The van der Waals surface area contributed by atoms with Crippen LogP contribution in [0.4, 0.5) is 11.4 Å². The Morgan fingerprint density at radius 1 is 1.14 bits per heavy atom. The van der Waals surface area contributed by atoms with Gasteiger partial charge in [0.15, 0.2) is 11.5 Å². The van der Waals surface area contributed by atoms with E-state index in [9.17, 15) is 20.2 Å². The number of halogens is 3. The van der Waals surface area contributed by atoms with E-state index in [0.717, 1.165) is 11.6 Å². The summed E-state index contributed by atoms with van der Waals surface area (Å²) in [6, 6.07) is 15.7. The number of nitro benzene ring substituents is 1. The van der Waals surface area contributed by atoms with Crippen molar-refractivity contribution < 1.29 is 19.2 Å². The molecule has 0 aliphatic heterocycles. The van der Waals surface area contributed by atoms with Gasteiger partial charge in [0.25, 0.3) is 11.6 Å². The van der Waals surface area contributed by atoms with E-state index in [0.29, 0.717) is 10.6 Å². The fraction of sp³-hybridized carbons (Fsp3) is 0.0833. The quantitative estimate of drug-likeness (QED) is 0.150. The van der Waals surface area contributed by atoms with Crippen LogP contribution >= 0.6 is 34.8 Å². The van der Waals surface area contributed by atoms with E-state index in [2.05, 4.69) is 5.32 Å². The van der Waals surface area contributed by atoms with Crippen LogP contribution in [0.5, 0.6) is 11.5 Å². The van der Waals surface area contributed by atoms with Crippen LogP contribution in [0.1, 0.15) is 11.1 Å². The Bertz CT molecular complexity index is 1370. The molecule has 0 atom stereocenters. The van der Waals surface area contributed by atoms with Gasteiger partial charge in [-0.1, -0.05) is 53.0 Å². The summed E-state index contributed by atoms with van der Waals surface area (Å²) in [6.07, 6.45) is 1.27. The van der Waals surface area contributed by atoms with Gasteiger partial charge >= 0.3 is 0 Å². The number of anilines is 1. The first kappa shape index (κ1) is 25.8. The molecule has 0 unspecified atom stereocenters. The maximum Gasteiger partial charge on any atom is 0.294 e. The molecule has 0 saturated carbocycles. The minimum Gasteiger partial charge on any atom is -0.493 e. The van der Waals surface area contributed by atoms with Crippen LogP contribution in [-0.2, 0) is 11.4 Å². The van der Waals surface area contributed by atoms with E-state index < -0.39 is 16.5 Å². The van der Waals surface area contributed by atoms with Gasteiger partial charge in [0.05, 0.1) is 17.1 Å². The minimum atomic E-state index is -0.855. The summed E-state index contributed by atoms with van der Waals surface area (Å²) in [5.41, 5.74) is 0.278. The van der Waals surface area contributed by atoms with Gasteiger partial charge < -0.3 is 14.8 Å². The molecular weight excluding hydrogens is 517 g/mol. The van der Waals surface area contributed by atoms with Gasteiger partial charge in [-0.25, -0.2) is 0 Å². The number of nitriles is 1. The molecule has 178 valence electrons. The predicted molar refractivity (Wildman–Crippen MR) is 134 cm³/mol. The highest BCUT2D eigenvalue weighted by Crippen LogP contribution is 2.38. The van der Waals surface area contributed by atoms with Gasteiger partial charge in [0, 0.05) is 21.7 Å². The molecule has 0 aromatic heterocycles. The minimum absolute atomic E-state index is 0.107. The molecule has 0 aliphatic rings. The second kappa shape index (κ2) is 11.6. The number of carbonyl (C=O) groups excluding carboxylic acids is 1. The van der Waals surface area contributed by atoms with Crippen LogP contribution < -0.4 is 14.8 Å². The monoisotopic (exact) mass is 531 g/mol. The lowest BCUT2D eigenvalue weighted by atomic mass is 10.1. The smallest absolute Gasteiger partial charge is 0.294 e. The van der Waals surface area contributed by atoms with Gasteiger partial charge in [-0.05, 0) is 42.0 Å². The molecule has 0 bridgehead atoms. The highest BCUT2D eigenvalue weighted by atomic mass is 35.5. The lowest BCUT2D eigenvalue weighted by Crippen LogP contribution is -2.14. The number of rotatable bonds is 8. The van der Waals surface area contributed by atoms with Crippen molar-refractivity contribution in [1.82, 2.24) is 0 Å². The van der Waals surface area contributed by atoms with E-state index in [1.807, 2.05) is 12.1 Å². The van der Waals surface area contributed by atoms with E-state index >= 15 is 0 Å². The second-order valence-corrected chi connectivity index (χ2v) is 8.21. The second-order valence-electron chi connectivity index (χ2n) is 6.96. The summed E-state index contributed by atoms with van der Waals surface area (Å²) in [6.45, 7) is 0.136. The molecule has 1 N–H and O–H groups in total. The molecule has 0 saturated heterocycles. The van der Waals surface area contributed by atoms with Crippen molar-refractivity contribution >= 4 is 58.2 Å². The molecule has 3 aromatic carbocycles. The summed E-state index contributed by atoms with van der Waals surface area (Å²) in [7, 11) is 1.42. The first-order valence-corrected chi connectivity index (χ1v) is 11.0. The molecule has 11 heteroatoms. The number of ether oxygens (including phenoxy) is 2. The van der Waals surface area contributed by atoms with E-state index in [-0.39, 0.29) is 39.4 Å². The molecule has 3 rings (SSSR count). The number of carbonyl (C=O) groups is 1. The predicted octanol–water partition coefficient (Wildman–Crippen LogP) is 6.69. The highest BCUT2D eigenvalue weighted by molar-refractivity contribution is 6.32. The van der Waals surface area contributed by atoms with Gasteiger partial charge in [-0.3, -0.25) is 14.9 Å². The molecular formula is C24H16Cl3N3O5. The molecule has 35 heavy (non-hydrogen) atoms. The average molecular weight is 533 g/mol. The molecule has 0 radical (unpaired) electrons. The molecule has 0 heterocycles. The van der Waals surface area contributed by atoms with Crippen molar-refractivity contribution in [3.63, 3.8) is 0 Å². The van der Waals surface area contributed by atoms with Gasteiger partial charge in [-0.2, -0.15) is 5.26 Å². The summed E-state index contributed by atoms with van der Waals surface area (Å²) in [5.74, 6) is -0.333. The fourth-order valence-corrected chi connectivity index (χ4v) is 3.63. The number of nitrogens with zero attached hydrogens (tertiary/aromatic N) is 2. The number of nitro groups is 1. The standard InChI is InChI=1S/C24H16Cl3N3O5/c1-34-22-10-14(9-19(27)23(22)35-13-15-4-2-3-5-18(15)26)8-16(12-28)24(31)29-20-7-6-17(25)11-21(20)30(32)33/h2-11H,13H2,1H3,(H,29,31)/b16-8+. The van der Waals surface area contributed by atoms with E-state index in [1.54, 1.807) is 18.2 Å². The maximum absolute atomic E-state index is 12.6. The Kier molecular flexibility index (Phi) is 8.55. The third-order valence-corrected chi connectivity index (χ3v) is 5.55. The maximum atomic E-state index is 12.6. The van der Waals surface area contributed by atoms with Crippen LogP contribution in [0, 0.1) is 21.4 Å². The van der Waals surface area contributed by atoms with Crippen molar-refractivity contribution in [3.05, 3.63) is 96.5 Å². The van der Waals surface area contributed by atoms with Gasteiger partial charge in [-0.15, -0.1) is 0 Å². The molecule has 8 nitrogen and oxygen atoms in total. The lowest BCUT2D eigenvalue weighted by molar-refractivity contribution is -0.383. The van der Waals surface area contributed by atoms with Gasteiger partial charge in [0.2, 0.25) is 0 Å². The third kappa shape index (κ3) is 6.43. The van der Waals surface area contributed by atoms with Crippen LogP contribution in [0.15, 0.2) is 60.2 Å². The summed E-state index contributed by atoms with van der Waals surface area (Å²) < 4.78 is 11.2. The Hall–Kier alpha value is -3.77. The van der Waals surface area contributed by atoms with Gasteiger partial charge in [0.1, 0.15) is 23.9 Å². The Labute approximate surface area is 215 Å². The highest BCUT2D eigenvalue weighted by Gasteiger charge is 2.19. The molecule has 1 amide bonds. The van der Waals surface area contributed by atoms with E-state index in [4.69, 9.17) is 44.3 Å². The Morgan fingerprint density at radius 3 is 2.54 bits per heavy atom. The van der Waals surface area contributed by atoms with Crippen molar-refractivity contribution in [3.8, 4) is 17.6 Å². The zero-order valence-electron chi connectivity index (χ0n) is 18.1.